The van der Waals surface area contributed by atoms with Gasteiger partial charge in [0.2, 0.25) is 15.9 Å². The summed E-state index contributed by atoms with van der Waals surface area (Å²) in [6.45, 7) is 0.342. The van der Waals surface area contributed by atoms with E-state index in [0.717, 1.165) is 23.8 Å². The van der Waals surface area contributed by atoms with E-state index < -0.39 is 22.0 Å². The average molecular weight is 294 g/mol. The first-order valence-electron chi connectivity index (χ1n) is 6.55. The van der Waals surface area contributed by atoms with Gasteiger partial charge in [-0.05, 0) is 24.5 Å². The number of amides is 1. The molecule has 20 heavy (non-hydrogen) atoms. The summed E-state index contributed by atoms with van der Waals surface area (Å²) in [4.78, 5) is 11.4. The fraction of sp³-hybridized carbons (Fsp3) is 0.357. The molecule has 0 radical (unpaired) electrons. The number of benzene rings is 1. The Kier molecular flexibility index (Phi) is 4.57. The Balaban J connectivity index is 2.20. The number of nitrogens with two attached hydrogens (primary N) is 1. The Hall–Kier alpha value is -1.66. The molecular weight excluding hydrogens is 276 g/mol. The summed E-state index contributed by atoms with van der Waals surface area (Å²) in [7, 11) is -3.62. The zero-order valence-corrected chi connectivity index (χ0v) is 11.9. The van der Waals surface area contributed by atoms with Crippen LogP contribution in [-0.4, -0.2) is 31.2 Å². The Bertz CT molecular complexity index is 596. The minimum Gasteiger partial charge on any atom is -0.368 e. The van der Waals surface area contributed by atoms with Crippen LogP contribution >= 0.6 is 0 Å². The quantitative estimate of drug-likeness (QED) is 0.909. The number of sulfonamides is 1. The van der Waals surface area contributed by atoms with Crippen LogP contribution in [-0.2, 0) is 14.8 Å². The minimum atomic E-state index is -3.62. The van der Waals surface area contributed by atoms with Crippen LogP contribution in [0.2, 0.25) is 0 Å². The number of piperidine rings is 1. The normalized spacial score (nSPS) is 21.1. The zero-order valence-electron chi connectivity index (χ0n) is 11.1. The summed E-state index contributed by atoms with van der Waals surface area (Å²) in [5.74, 6) is -0.582. The van der Waals surface area contributed by atoms with E-state index in [1.54, 1.807) is 0 Å². The second kappa shape index (κ2) is 6.19. The number of carbonyl (C=O) groups is 1. The van der Waals surface area contributed by atoms with Crippen LogP contribution < -0.4 is 5.73 Å². The van der Waals surface area contributed by atoms with Crippen molar-refractivity contribution < 1.29 is 13.2 Å². The number of carbonyl (C=O) groups excluding carboxylic acids is 1. The van der Waals surface area contributed by atoms with Gasteiger partial charge in [0.05, 0.1) is 0 Å². The predicted molar refractivity (Wildman–Crippen MR) is 77.9 cm³/mol. The fourth-order valence-electron chi connectivity index (χ4n) is 2.30. The number of primary amides is 1. The second-order valence-corrected chi connectivity index (χ2v) is 6.55. The summed E-state index contributed by atoms with van der Waals surface area (Å²) >= 11 is 0. The minimum absolute atomic E-state index is 0.342. The van der Waals surface area contributed by atoms with E-state index in [0.29, 0.717) is 13.0 Å². The Morgan fingerprint density at radius 2 is 1.95 bits per heavy atom. The van der Waals surface area contributed by atoms with Gasteiger partial charge in [-0.15, -0.1) is 0 Å². The topological polar surface area (TPSA) is 80.5 Å². The molecule has 0 bridgehead atoms. The number of nitrogens with zero attached hydrogens (tertiary/aromatic N) is 1. The van der Waals surface area contributed by atoms with Crippen LogP contribution in [0.25, 0.3) is 6.08 Å². The maximum atomic E-state index is 12.3. The van der Waals surface area contributed by atoms with Crippen molar-refractivity contribution in [2.45, 2.75) is 25.3 Å². The molecule has 2 rings (SSSR count). The van der Waals surface area contributed by atoms with Crippen molar-refractivity contribution in [1.82, 2.24) is 4.31 Å². The van der Waals surface area contributed by atoms with E-state index in [4.69, 9.17) is 5.73 Å². The molecule has 0 spiro atoms. The highest BCUT2D eigenvalue weighted by molar-refractivity contribution is 7.92. The molecule has 6 heteroatoms. The summed E-state index contributed by atoms with van der Waals surface area (Å²) < 4.78 is 25.8. The van der Waals surface area contributed by atoms with E-state index >= 15 is 0 Å². The molecule has 108 valence electrons. The molecule has 1 aliphatic heterocycles. The summed E-state index contributed by atoms with van der Waals surface area (Å²) in [5.41, 5.74) is 6.09. The van der Waals surface area contributed by atoms with Gasteiger partial charge >= 0.3 is 0 Å². The maximum absolute atomic E-state index is 12.3. The van der Waals surface area contributed by atoms with Crippen molar-refractivity contribution in [3.63, 3.8) is 0 Å². The molecular formula is C14H18N2O3S. The molecule has 0 unspecified atom stereocenters. The van der Waals surface area contributed by atoms with Gasteiger partial charge in [-0.25, -0.2) is 8.42 Å². The van der Waals surface area contributed by atoms with Crippen molar-refractivity contribution in [3.05, 3.63) is 41.3 Å². The van der Waals surface area contributed by atoms with Crippen LogP contribution in [0, 0.1) is 0 Å². The van der Waals surface area contributed by atoms with Crippen LogP contribution in [0.3, 0.4) is 0 Å². The third-order valence-corrected chi connectivity index (χ3v) is 4.91. The second-order valence-electron chi connectivity index (χ2n) is 4.78. The third-order valence-electron chi connectivity index (χ3n) is 3.34. The van der Waals surface area contributed by atoms with Gasteiger partial charge in [-0.3, -0.25) is 4.79 Å². The first-order valence-corrected chi connectivity index (χ1v) is 8.05. The molecule has 1 saturated heterocycles. The predicted octanol–water partition coefficient (Wildman–Crippen LogP) is 1.33. The van der Waals surface area contributed by atoms with Crippen LogP contribution in [0.5, 0.6) is 0 Å². The summed E-state index contributed by atoms with van der Waals surface area (Å²) in [5, 5.41) is 1.14. The lowest BCUT2D eigenvalue weighted by Crippen LogP contribution is -2.49. The number of hydrogen-bond acceptors (Lipinski definition) is 3. The molecule has 1 aliphatic rings. The van der Waals surface area contributed by atoms with Gasteiger partial charge < -0.3 is 5.73 Å². The Labute approximate surface area is 119 Å². The lowest BCUT2D eigenvalue weighted by molar-refractivity contribution is -0.122. The Morgan fingerprint density at radius 3 is 2.60 bits per heavy atom. The van der Waals surface area contributed by atoms with Crippen molar-refractivity contribution in [2.24, 2.45) is 5.73 Å². The molecule has 0 aromatic heterocycles. The lowest BCUT2D eigenvalue weighted by atomic mass is 10.0. The molecule has 0 aliphatic carbocycles. The van der Waals surface area contributed by atoms with Gasteiger partial charge in [0, 0.05) is 12.0 Å². The van der Waals surface area contributed by atoms with Gasteiger partial charge in [0.25, 0.3) is 0 Å². The monoisotopic (exact) mass is 294 g/mol. The largest absolute Gasteiger partial charge is 0.368 e. The molecule has 1 aromatic rings. The first-order chi connectivity index (χ1) is 9.50. The van der Waals surface area contributed by atoms with Gasteiger partial charge in [-0.1, -0.05) is 36.8 Å². The highest BCUT2D eigenvalue weighted by atomic mass is 32.2. The van der Waals surface area contributed by atoms with E-state index in [1.807, 2.05) is 30.3 Å². The van der Waals surface area contributed by atoms with Gasteiger partial charge in [-0.2, -0.15) is 4.31 Å². The average Bonchev–Trinajstić information content (AvgIpc) is 2.46. The molecule has 1 amide bonds. The van der Waals surface area contributed by atoms with E-state index in [2.05, 4.69) is 0 Å². The summed E-state index contributed by atoms with van der Waals surface area (Å²) in [6, 6.07) is 8.43. The third kappa shape index (κ3) is 3.46. The molecule has 1 aromatic carbocycles. The highest BCUT2D eigenvalue weighted by Gasteiger charge is 2.34. The van der Waals surface area contributed by atoms with E-state index in [9.17, 15) is 13.2 Å². The molecule has 0 saturated carbocycles. The molecule has 5 nitrogen and oxygen atoms in total. The van der Waals surface area contributed by atoms with Crippen molar-refractivity contribution >= 4 is 22.0 Å². The standard InChI is InChI=1S/C14H18N2O3S/c15-14(17)13-8-4-5-10-16(13)20(18,19)11-9-12-6-2-1-3-7-12/h1-3,6-7,9,11,13H,4-5,8,10H2,(H2,15,17)/b11-9+/t13-/m0/s1. The Morgan fingerprint density at radius 1 is 1.25 bits per heavy atom. The molecule has 1 fully saturated rings. The van der Waals surface area contributed by atoms with Crippen molar-refractivity contribution in [2.75, 3.05) is 6.54 Å². The number of hydrogen-bond donors (Lipinski definition) is 1. The lowest BCUT2D eigenvalue weighted by Gasteiger charge is -2.31. The smallest absolute Gasteiger partial charge is 0.236 e. The zero-order chi connectivity index (χ0) is 14.6. The van der Waals surface area contributed by atoms with Crippen molar-refractivity contribution in [1.29, 1.82) is 0 Å². The van der Waals surface area contributed by atoms with E-state index in [1.165, 1.54) is 10.4 Å². The van der Waals surface area contributed by atoms with E-state index in [-0.39, 0.29) is 0 Å². The van der Waals surface area contributed by atoms with Gasteiger partial charge in [0.1, 0.15) is 6.04 Å². The van der Waals surface area contributed by atoms with Crippen LogP contribution in [0.4, 0.5) is 0 Å². The maximum Gasteiger partial charge on any atom is 0.236 e. The van der Waals surface area contributed by atoms with Crippen molar-refractivity contribution in [3.8, 4) is 0 Å². The highest BCUT2D eigenvalue weighted by Crippen LogP contribution is 2.21. The van der Waals surface area contributed by atoms with Crippen LogP contribution in [0.1, 0.15) is 24.8 Å². The molecule has 2 N–H and O–H groups in total. The summed E-state index contributed by atoms with van der Waals surface area (Å²) in [6.07, 6.45) is 3.60. The number of rotatable bonds is 4. The molecule has 1 atom stereocenters. The SMILES string of the molecule is NC(=O)[C@@H]1CCCCN1S(=O)(=O)/C=C/c1ccccc1. The molecule has 1 heterocycles. The van der Waals surface area contributed by atoms with Gasteiger partial charge in [0.15, 0.2) is 0 Å². The fourth-order valence-corrected chi connectivity index (χ4v) is 3.73. The first kappa shape index (κ1) is 14.7. The van der Waals surface area contributed by atoms with Crippen LogP contribution in [0.15, 0.2) is 35.7 Å².